The highest BCUT2D eigenvalue weighted by Gasteiger charge is 2.11. The second-order valence-electron chi connectivity index (χ2n) is 4.40. The highest BCUT2D eigenvalue weighted by molar-refractivity contribution is 7.80. The lowest BCUT2D eigenvalue weighted by Crippen LogP contribution is -2.35. The number of nitrogens with one attached hydrogen (secondary N) is 4. The molecule has 0 aromatic heterocycles. The molecule has 26 heavy (non-hydrogen) atoms. The average molecular weight is 402 g/mol. The summed E-state index contributed by atoms with van der Waals surface area (Å²) in [5.74, 6) is 0.465. The summed E-state index contributed by atoms with van der Waals surface area (Å²) in [5.41, 5.74) is 0.860. The minimum atomic E-state index is -0.730. The molecular formula is C14H18N4O6S2. The second kappa shape index (κ2) is 11.0. The fourth-order valence-corrected chi connectivity index (χ4v) is 1.93. The number of rotatable bonds is 5. The Bertz CT molecular complexity index is 685. The summed E-state index contributed by atoms with van der Waals surface area (Å²) in [6.45, 7) is 0.0411. The number of amides is 2. The van der Waals surface area contributed by atoms with Crippen molar-refractivity contribution in [3.8, 4) is 5.75 Å². The van der Waals surface area contributed by atoms with E-state index in [2.05, 4.69) is 30.7 Å². The van der Waals surface area contributed by atoms with Crippen LogP contribution < -0.4 is 26.0 Å². The van der Waals surface area contributed by atoms with Crippen molar-refractivity contribution in [2.75, 3.05) is 38.8 Å². The molecule has 0 aliphatic rings. The highest BCUT2D eigenvalue weighted by atomic mass is 32.1. The first-order valence-electron chi connectivity index (χ1n) is 6.97. The molecule has 10 nitrogen and oxygen atoms in total. The zero-order valence-corrected chi connectivity index (χ0v) is 15.8. The first kappa shape index (κ1) is 21.3. The van der Waals surface area contributed by atoms with Crippen molar-refractivity contribution in [2.24, 2.45) is 0 Å². The van der Waals surface area contributed by atoms with E-state index in [9.17, 15) is 9.59 Å². The summed E-state index contributed by atoms with van der Waals surface area (Å²) in [4.78, 5) is 22.4. The number of alkyl carbamates (subject to hydrolysis) is 2. The van der Waals surface area contributed by atoms with Crippen LogP contribution in [0.1, 0.15) is 0 Å². The van der Waals surface area contributed by atoms with Crippen LogP contribution in [0.15, 0.2) is 18.2 Å². The van der Waals surface area contributed by atoms with E-state index >= 15 is 0 Å². The lowest BCUT2D eigenvalue weighted by molar-refractivity contribution is 0.0512. The third-order valence-electron chi connectivity index (χ3n) is 2.63. The predicted molar refractivity (Wildman–Crippen MR) is 102 cm³/mol. The van der Waals surface area contributed by atoms with Gasteiger partial charge in [-0.15, -0.1) is 0 Å². The van der Waals surface area contributed by atoms with Crippen LogP contribution in [0.4, 0.5) is 21.0 Å². The Kier molecular flexibility index (Phi) is 9.05. The van der Waals surface area contributed by atoms with Crippen LogP contribution in [-0.4, -0.2) is 50.5 Å². The van der Waals surface area contributed by atoms with E-state index in [1.54, 1.807) is 18.2 Å². The van der Waals surface area contributed by atoms with Crippen molar-refractivity contribution < 1.29 is 28.5 Å². The molecule has 0 radical (unpaired) electrons. The summed E-state index contributed by atoms with van der Waals surface area (Å²) in [6.07, 6.45) is -1.45. The van der Waals surface area contributed by atoms with Gasteiger partial charge in [-0.25, -0.2) is 9.59 Å². The molecule has 0 aliphatic carbocycles. The molecule has 1 aromatic carbocycles. The molecule has 0 aliphatic heterocycles. The fourth-order valence-electron chi connectivity index (χ4n) is 1.55. The third kappa shape index (κ3) is 7.46. The summed E-state index contributed by atoms with van der Waals surface area (Å²) in [5, 5.41) is 10.2. The molecule has 142 valence electrons. The van der Waals surface area contributed by atoms with E-state index in [4.69, 9.17) is 33.9 Å². The van der Waals surface area contributed by atoms with E-state index in [1.807, 2.05) is 0 Å². The van der Waals surface area contributed by atoms with Gasteiger partial charge in [-0.2, -0.15) is 0 Å². The van der Waals surface area contributed by atoms with E-state index in [0.29, 0.717) is 17.1 Å². The van der Waals surface area contributed by atoms with Gasteiger partial charge in [0.05, 0.1) is 25.6 Å². The number of benzene rings is 1. The SMILES string of the molecule is COCOc1ccc(NC(=S)NC(=O)OC)c(NC(=S)NC(=O)OC)c1. The molecule has 0 unspecified atom stereocenters. The Balaban J connectivity index is 2.95. The van der Waals surface area contributed by atoms with Crippen molar-refractivity contribution in [1.29, 1.82) is 0 Å². The minimum Gasteiger partial charge on any atom is -0.467 e. The molecule has 0 bridgehead atoms. The van der Waals surface area contributed by atoms with Crippen LogP contribution in [0.5, 0.6) is 5.75 Å². The van der Waals surface area contributed by atoms with Crippen LogP contribution in [-0.2, 0) is 14.2 Å². The van der Waals surface area contributed by atoms with E-state index < -0.39 is 12.2 Å². The zero-order valence-electron chi connectivity index (χ0n) is 14.2. The Morgan fingerprint density at radius 3 is 1.96 bits per heavy atom. The van der Waals surface area contributed by atoms with Gasteiger partial charge in [-0.3, -0.25) is 10.6 Å². The van der Waals surface area contributed by atoms with Crippen LogP contribution in [0.3, 0.4) is 0 Å². The van der Waals surface area contributed by atoms with Gasteiger partial charge in [-0.05, 0) is 36.6 Å². The first-order valence-corrected chi connectivity index (χ1v) is 7.79. The van der Waals surface area contributed by atoms with Crippen LogP contribution >= 0.6 is 24.4 Å². The zero-order chi connectivity index (χ0) is 19.5. The number of hydrogen-bond acceptors (Lipinski definition) is 8. The number of ether oxygens (including phenoxy) is 4. The molecule has 0 fully saturated rings. The molecule has 0 heterocycles. The number of carbonyl (C=O) groups is 2. The monoisotopic (exact) mass is 402 g/mol. The van der Waals surface area contributed by atoms with Gasteiger partial charge in [-0.1, -0.05) is 0 Å². The number of hydrogen-bond donors (Lipinski definition) is 4. The number of thiocarbonyl (C=S) groups is 2. The maximum Gasteiger partial charge on any atom is 0.413 e. The molecule has 2 amide bonds. The summed E-state index contributed by atoms with van der Waals surface area (Å²) in [6, 6.07) is 4.86. The van der Waals surface area contributed by atoms with E-state index in [-0.39, 0.29) is 17.0 Å². The van der Waals surface area contributed by atoms with Crippen molar-refractivity contribution in [1.82, 2.24) is 10.6 Å². The van der Waals surface area contributed by atoms with E-state index in [0.717, 1.165) is 0 Å². The summed E-state index contributed by atoms with van der Waals surface area (Å²) < 4.78 is 19.1. The smallest absolute Gasteiger partial charge is 0.413 e. The van der Waals surface area contributed by atoms with Gasteiger partial charge in [0, 0.05) is 13.2 Å². The van der Waals surface area contributed by atoms with Gasteiger partial charge >= 0.3 is 12.2 Å². The summed E-state index contributed by atoms with van der Waals surface area (Å²) >= 11 is 10.1. The molecule has 1 aromatic rings. The first-order chi connectivity index (χ1) is 12.4. The molecule has 4 N–H and O–H groups in total. The number of anilines is 2. The average Bonchev–Trinajstić information content (AvgIpc) is 2.61. The van der Waals surface area contributed by atoms with Crippen LogP contribution in [0, 0.1) is 0 Å². The van der Waals surface area contributed by atoms with Gasteiger partial charge in [0.15, 0.2) is 17.0 Å². The maximum absolute atomic E-state index is 11.2. The van der Waals surface area contributed by atoms with Gasteiger partial charge in [0.2, 0.25) is 0 Å². The Labute approximate surface area is 160 Å². The van der Waals surface area contributed by atoms with Crippen molar-refractivity contribution in [2.45, 2.75) is 0 Å². The molecule has 0 atom stereocenters. The number of methoxy groups -OCH3 is 3. The minimum absolute atomic E-state index is 0.00250. The maximum atomic E-state index is 11.2. The predicted octanol–water partition coefficient (Wildman–Crippen LogP) is 1.77. The summed E-state index contributed by atoms with van der Waals surface area (Å²) in [7, 11) is 3.91. The van der Waals surface area contributed by atoms with Gasteiger partial charge < -0.3 is 29.6 Å². The molecule has 0 spiro atoms. The molecule has 0 saturated carbocycles. The van der Waals surface area contributed by atoms with Crippen molar-refractivity contribution in [3.05, 3.63) is 18.2 Å². The molecule has 12 heteroatoms. The molecule has 1 rings (SSSR count). The Morgan fingerprint density at radius 2 is 1.46 bits per heavy atom. The van der Waals surface area contributed by atoms with Gasteiger partial charge in [0.1, 0.15) is 5.75 Å². The third-order valence-corrected chi connectivity index (χ3v) is 3.04. The lowest BCUT2D eigenvalue weighted by atomic mass is 10.2. The topological polar surface area (TPSA) is 119 Å². The Hall–Kier alpha value is -2.70. The largest absolute Gasteiger partial charge is 0.467 e. The molecular weight excluding hydrogens is 384 g/mol. The lowest BCUT2D eigenvalue weighted by Gasteiger charge is -2.16. The van der Waals surface area contributed by atoms with Crippen LogP contribution in [0.25, 0.3) is 0 Å². The van der Waals surface area contributed by atoms with E-state index in [1.165, 1.54) is 21.3 Å². The van der Waals surface area contributed by atoms with Gasteiger partial charge in [0.25, 0.3) is 0 Å². The highest BCUT2D eigenvalue weighted by Crippen LogP contribution is 2.27. The van der Waals surface area contributed by atoms with Crippen molar-refractivity contribution >= 4 is 58.2 Å². The fraction of sp³-hybridized carbons (Fsp3) is 0.286. The quantitative estimate of drug-likeness (QED) is 0.428. The molecule has 0 saturated heterocycles. The number of carbonyl (C=O) groups excluding carboxylic acids is 2. The van der Waals surface area contributed by atoms with Crippen LogP contribution in [0.2, 0.25) is 0 Å². The van der Waals surface area contributed by atoms with Crippen molar-refractivity contribution in [3.63, 3.8) is 0 Å². The second-order valence-corrected chi connectivity index (χ2v) is 5.22. The normalized spacial score (nSPS) is 9.50. The standard InChI is InChI=1S/C14H18N4O6S2/c1-21-7-24-8-4-5-9(15-11(25)17-13(19)22-2)10(6-8)16-12(26)18-14(20)23-3/h4-6H,7H2,1-3H3,(H2,15,17,19,25)(H2,16,18,20,26). The Morgan fingerprint density at radius 1 is 0.923 bits per heavy atom.